The number of ether oxygens (including phenoxy) is 1. The predicted molar refractivity (Wildman–Crippen MR) is 108 cm³/mol. The number of thiazole rings is 1. The summed E-state index contributed by atoms with van der Waals surface area (Å²) in [7, 11) is 0. The Morgan fingerprint density at radius 3 is 2.54 bits per heavy atom. The molecule has 1 saturated heterocycles. The van der Waals surface area contributed by atoms with E-state index >= 15 is 0 Å². The maximum atomic E-state index is 11.8. The Balaban J connectivity index is 0.00000150. The monoisotopic (exact) mass is 426 g/mol. The van der Waals surface area contributed by atoms with E-state index in [0.29, 0.717) is 12.3 Å². The third kappa shape index (κ3) is 5.39. The fourth-order valence-corrected chi connectivity index (χ4v) is 5.06. The number of hydrogen-bond donors (Lipinski definition) is 1. The third-order valence-electron chi connectivity index (χ3n) is 5.22. The zero-order chi connectivity index (χ0) is 18.6. The number of hydrogen-bond acceptors (Lipinski definition) is 6. The quantitative estimate of drug-likeness (QED) is 0.714. The second-order valence-electron chi connectivity index (χ2n) is 7.10. The maximum Gasteiger partial charge on any atom is 1.00 e. The van der Waals surface area contributed by atoms with Gasteiger partial charge in [-0.25, -0.2) is 4.98 Å². The molecule has 28 heavy (non-hydrogen) atoms. The smallest absolute Gasteiger partial charge is 1.00 e. The molecular formula is C20H23N2NaO3S2. The molecule has 8 heteroatoms. The van der Waals surface area contributed by atoms with Crippen LogP contribution in [0.5, 0.6) is 5.75 Å². The Morgan fingerprint density at radius 2 is 1.93 bits per heavy atom. The molecule has 2 aromatic rings. The molecule has 144 valence electrons. The van der Waals surface area contributed by atoms with E-state index in [4.69, 9.17) is 4.74 Å². The molecule has 2 fully saturated rings. The predicted octanol–water partition coefficient (Wildman–Crippen LogP) is 1.85. The van der Waals surface area contributed by atoms with Gasteiger partial charge in [0.2, 0.25) is 5.12 Å². The van der Waals surface area contributed by atoms with E-state index in [2.05, 4.69) is 15.7 Å². The van der Waals surface area contributed by atoms with E-state index < -0.39 is 6.04 Å². The second-order valence-corrected chi connectivity index (χ2v) is 8.80. The number of nitrogens with one attached hydrogen (secondary N) is 1. The zero-order valence-corrected chi connectivity index (χ0v) is 19.6. The van der Waals surface area contributed by atoms with Crippen LogP contribution in [-0.2, 0) is 11.2 Å². The Kier molecular flexibility index (Phi) is 8.00. The van der Waals surface area contributed by atoms with Crippen LogP contribution >= 0.6 is 23.1 Å². The zero-order valence-electron chi connectivity index (χ0n) is 16.9. The minimum atomic E-state index is -0.431. The standard InChI is InChI=1S/C20H22N2O3S2.Na.H/c23-19-16(22-20(24)27-19)10-13-6-8-15(9-7-13)25-18(17-11-26-12-21-17)14-4-2-1-3-5-14;;/h6-9,11-12,14,16,18H,1-5,10H2,(H,22,24);;/q;+1;-1. The molecule has 1 N–H and O–H groups in total. The van der Waals surface area contributed by atoms with Crippen LogP contribution in [0.3, 0.4) is 0 Å². The number of amides is 1. The first-order chi connectivity index (χ1) is 13.2. The molecule has 1 aromatic carbocycles. The molecule has 5 nitrogen and oxygen atoms in total. The average molecular weight is 427 g/mol. The van der Waals surface area contributed by atoms with Gasteiger partial charge in [0, 0.05) is 29.5 Å². The summed E-state index contributed by atoms with van der Waals surface area (Å²) in [5.41, 5.74) is 3.89. The SMILES string of the molecule is O=C1NC(Cc2ccc(OC(c3cscn3)C3CCCCC3)cc2)C(=O)S1.[H-].[Na+]. The number of benzene rings is 1. The largest absolute Gasteiger partial charge is 1.00 e. The molecule has 0 bridgehead atoms. The van der Waals surface area contributed by atoms with Crippen molar-refractivity contribution in [2.75, 3.05) is 0 Å². The van der Waals surface area contributed by atoms with Crippen LogP contribution in [-0.4, -0.2) is 21.4 Å². The minimum absolute atomic E-state index is 0. The molecule has 1 aliphatic carbocycles. The van der Waals surface area contributed by atoms with Gasteiger partial charge in [-0.05, 0) is 30.5 Å². The van der Waals surface area contributed by atoms with Crippen molar-refractivity contribution in [2.24, 2.45) is 5.92 Å². The van der Waals surface area contributed by atoms with Gasteiger partial charge < -0.3 is 11.5 Å². The van der Waals surface area contributed by atoms with E-state index in [-0.39, 0.29) is 47.4 Å². The van der Waals surface area contributed by atoms with Crippen LogP contribution in [0.1, 0.15) is 50.9 Å². The number of aromatic nitrogens is 1. The summed E-state index contributed by atoms with van der Waals surface area (Å²) in [4.78, 5) is 27.6. The summed E-state index contributed by atoms with van der Waals surface area (Å²) in [6, 6.07) is 7.41. The number of carbonyl (C=O) groups is 2. The van der Waals surface area contributed by atoms with Gasteiger partial charge in [-0.1, -0.05) is 31.4 Å². The van der Waals surface area contributed by atoms with Gasteiger partial charge >= 0.3 is 29.6 Å². The third-order valence-corrected chi connectivity index (χ3v) is 6.61. The Bertz CT molecular complexity index is 799. The van der Waals surface area contributed by atoms with E-state index in [1.54, 1.807) is 11.3 Å². The van der Waals surface area contributed by atoms with Gasteiger partial charge in [0.25, 0.3) is 5.24 Å². The maximum absolute atomic E-state index is 11.8. The van der Waals surface area contributed by atoms with Crippen LogP contribution in [0.4, 0.5) is 4.79 Å². The van der Waals surface area contributed by atoms with Crippen molar-refractivity contribution in [3.63, 3.8) is 0 Å². The number of nitrogens with zero attached hydrogens (tertiary/aromatic N) is 1. The van der Waals surface area contributed by atoms with Gasteiger partial charge in [0.15, 0.2) is 0 Å². The van der Waals surface area contributed by atoms with Crippen molar-refractivity contribution < 1.29 is 45.3 Å². The molecule has 2 atom stereocenters. The molecule has 1 saturated carbocycles. The summed E-state index contributed by atoms with van der Waals surface area (Å²) in [5, 5.41) is 4.41. The van der Waals surface area contributed by atoms with Crippen molar-refractivity contribution in [1.82, 2.24) is 10.3 Å². The fraction of sp³-hybridized carbons (Fsp3) is 0.450. The van der Waals surface area contributed by atoms with Crippen LogP contribution < -0.4 is 39.6 Å². The number of thioether (sulfide) groups is 1. The van der Waals surface area contributed by atoms with E-state index in [1.165, 1.54) is 32.1 Å². The first-order valence-electron chi connectivity index (χ1n) is 9.35. The summed E-state index contributed by atoms with van der Waals surface area (Å²) in [5.74, 6) is 1.32. The first kappa shape index (κ1) is 21.8. The van der Waals surface area contributed by atoms with Crippen molar-refractivity contribution in [2.45, 2.75) is 50.7 Å². The molecule has 0 spiro atoms. The van der Waals surface area contributed by atoms with Crippen molar-refractivity contribution in [3.05, 3.63) is 46.4 Å². The van der Waals surface area contributed by atoms with Crippen LogP contribution in [0.2, 0.25) is 0 Å². The first-order valence-corrected chi connectivity index (χ1v) is 11.1. The molecule has 4 rings (SSSR count). The van der Waals surface area contributed by atoms with Crippen molar-refractivity contribution in [1.29, 1.82) is 0 Å². The topological polar surface area (TPSA) is 68.3 Å². The molecule has 2 heterocycles. The van der Waals surface area contributed by atoms with Crippen molar-refractivity contribution in [3.8, 4) is 5.75 Å². The van der Waals surface area contributed by atoms with Crippen LogP contribution in [0, 0.1) is 5.92 Å². The van der Waals surface area contributed by atoms with Crippen molar-refractivity contribution >= 4 is 33.5 Å². The van der Waals surface area contributed by atoms with E-state index in [1.807, 2.05) is 29.8 Å². The molecule has 1 aromatic heterocycles. The molecular weight excluding hydrogens is 403 g/mol. The van der Waals surface area contributed by atoms with Gasteiger partial charge in [-0.15, -0.1) is 11.3 Å². The van der Waals surface area contributed by atoms with E-state index in [0.717, 1.165) is 28.8 Å². The van der Waals surface area contributed by atoms with Gasteiger partial charge in [0.05, 0.1) is 11.2 Å². The number of rotatable bonds is 6. The van der Waals surface area contributed by atoms with Crippen LogP contribution in [0.25, 0.3) is 0 Å². The Hall–Kier alpha value is -0.860. The molecule has 2 unspecified atom stereocenters. The minimum Gasteiger partial charge on any atom is -1.00 e. The molecule has 1 amide bonds. The fourth-order valence-electron chi connectivity index (χ4n) is 3.81. The number of carbonyl (C=O) groups excluding carboxylic acids is 2. The molecule has 1 aliphatic heterocycles. The Labute approximate surface area is 196 Å². The second kappa shape index (κ2) is 10.3. The summed E-state index contributed by atoms with van der Waals surface area (Å²) < 4.78 is 6.36. The average Bonchev–Trinajstić information content (AvgIpc) is 3.32. The van der Waals surface area contributed by atoms with Gasteiger partial charge in [-0.3, -0.25) is 9.59 Å². The molecule has 2 aliphatic rings. The van der Waals surface area contributed by atoms with E-state index in [9.17, 15) is 9.59 Å². The summed E-state index contributed by atoms with van der Waals surface area (Å²) in [6.45, 7) is 0. The van der Waals surface area contributed by atoms with Gasteiger partial charge in [0.1, 0.15) is 17.9 Å². The Morgan fingerprint density at radius 1 is 1.18 bits per heavy atom. The summed E-state index contributed by atoms with van der Waals surface area (Å²) >= 11 is 2.36. The van der Waals surface area contributed by atoms with Gasteiger partial charge in [-0.2, -0.15) is 0 Å². The summed E-state index contributed by atoms with van der Waals surface area (Å²) in [6.07, 6.45) is 6.69. The molecule has 0 radical (unpaired) electrons. The normalized spacial score (nSPS) is 21.1. The van der Waals surface area contributed by atoms with Crippen LogP contribution in [0.15, 0.2) is 35.2 Å².